The predicted octanol–water partition coefficient (Wildman–Crippen LogP) is 5.06. The van der Waals surface area contributed by atoms with Crippen LogP contribution < -0.4 is 15.8 Å². The molecule has 2 bridgehead atoms. The maximum atomic E-state index is 14.4. The molecule has 1 aromatic carbocycles. The van der Waals surface area contributed by atoms with Crippen molar-refractivity contribution in [2.45, 2.75) is 32.3 Å². The third-order valence-electron chi connectivity index (χ3n) is 6.27. The van der Waals surface area contributed by atoms with Gasteiger partial charge in [0.1, 0.15) is 17.7 Å². The molecule has 34 heavy (non-hydrogen) atoms. The van der Waals surface area contributed by atoms with Crippen molar-refractivity contribution in [1.82, 2.24) is 15.3 Å². The number of hydrogen-bond acceptors (Lipinski definition) is 6. The highest BCUT2D eigenvalue weighted by molar-refractivity contribution is 5.90. The van der Waals surface area contributed by atoms with E-state index in [9.17, 15) is 8.78 Å². The Hall–Kier alpha value is -3.81. The van der Waals surface area contributed by atoms with Gasteiger partial charge in [-0.3, -0.25) is 4.98 Å². The van der Waals surface area contributed by atoms with Gasteiger partial charge in [0.15, 0.2) is 11.6 Å². The molecule has 0 saturated heterocycles. The van der Waals surface area contributed by atoms with Gasteiger partial charge in [0.2, 0.25) is 0 Å². The number of pyridine rings is 2. The molecule has 0 amide bonds. The van der Waals surface area contributed by atoms with Crippen molar-refractivity contribution in [3.63, 3.8) is 0 Å². The first kappa shape index (κ1) is 22.0. The summed E-state index contributed by atoms with van der Waals surface area (Å²) >= 11 is 0. The molecule has 0 radical (unpaired) electrons. The van der Waals surface area contributed by atoms with E-state index in [0.717, 1.165) is 24.0 Å². The highest BCUT2D eigenvalue weighted by Crippen LogP contribution is 2.37. The number of nitrogen functional groups attached to an aromatic ring is 1. The number of benzene rings is 1. The molecular formula is C26H25F2N5O. The molecule has 4 N–H and O–H groups in total. The lowest BCUT2D eigenvalue weighted by molar-refractivity contribution is 0.227. The Morgan fingerprint density at radius 3 is 2.71 bits per heavy atom. The third kappa shape index (κ3) is 4.35. The molecule has 1 saturated carbocycles. The Labute approximate surface area is 196 Å². The van der Waals surface area contributed by atoms with Crippen LogP contribution in [0, 0.1) is 23.0 Å². The second kappa shape index (κ2) is 8.85. The van der Waals surface area contributed by atoms with E-state index in [-0.39, 0.29) is 12.2 Å². The van der Waals surface area contributed by atoms with Crippen molar-refractivity contribution in [2.24, 2.45) is 5.92 Å². The SMILES string of the molecule is CC1Oc2cc(cnc2N)/C(NCC2CC2)=C(/C=N)Cc2ncc(F)cc2-c2ccc(F)cc21. The molecule has 174 valence electrons. The van der Waals surface area contributed by atoms with Crippen LogP contribution in [0.5, 0.6) is 5.75 Å². The van der Waals surface area contributed by atoms with Crippen LogP contribution >= 0.6 is 0 Å². The first-order chi connectivity index (χ1) is 16.4. The van der Waals surface area contributed by atoms with Crippen LogP contribution in [-0.2, 0) is 6.42 Å². The summed E-state index contributed by atoms with van der Waals surface area (Å²) in [4.78, 5) is 8.69. The van der Waals surface area contributed by atoms with Crippen molar-refractivity contribution >= 4 is 17.7 Å². The zero-order valence-corrected chi connectivity index (χ0v) is 18.7. The van der Waals surface area contributed by atoms with Crippen molar-refractivity contribution in [2.75, 3.05) is 12.3 Å². The van der Waals surface area contributed by atoms with Crippen LogP contribution in [0.25, 0.3) is 16.8 Å². The molecule has 1 fully saturated rings. The van der Waals surface area contributed by atoms with Gasteiger partial charge < -0.3 is 21.2 Å². The quantitative estimate of drug-likeness (QED) is 0.472. The molecule has 1 unspecified atom stereocenters. The fourth-order valence-electron chi connectivity index (χ4n) is 4.26. The van der Waals surface area contributed by atoms with Gasteiger partial charge in [-0.25, -0.2) is 13.8 Å². The second-order valence-corrected chi connectivity index (χ2v) is 8.79. The van der Waals surface area contributed by atoms with Crippen LogP contribution in [0.2, 0.25) is 0 Å². The number of halogens is 2. The van der Waals surface area contributed by atoms with Crippen LogP contribution in [0.1, 0.15) is 42.7 Å². The fraction of sp³-hybridized carbons (Fsp3) is 0.269. The Balaban J connectivity index is 1.75. The number of aromatic nitrogens is 2. The molecule has 0 spiro atoms. The normalized spacial score (nSPS) is 19.7. The molecule has 3 heterocycles. The molecular weight excluding hydrogens is 436 g/mol. The zero-order valence-electron chi connectivity index (χ0n) is 18.7. The van der Waals surface area contributed by atoms with Crippen LogP contribution in [0.4, 0.5) is 14.6 Å². The number of fused-ring (bicyclic) bond motifs is 5. The third-order valence-corrected chi connectivity index (χ3v) is 6.27. The zero-order chi connectivity index (χ0) is 23.8. The number of hydrogen-bond donors (Lipinski definition) is 3. The topological polar surface area (TPSA) is 96.9 Å². The van der Waals surface area contributed by atoms with Crippen molar-refractivity contribution in [3.8, 4) is 16.9 Å². The lowest BCUT2D eigenvalue weighted by atomic mass is 9.92. The lowest BCUT2D eigenvalue weighted by Crippen LogP contribution is -2.19. The van der Waals surface area contributed by atoms with Gasteiger partial charge in [-0.1, -0.05) is 6.07 Å². The van der Waals surface area contributed by atoms with Crippen molar-refractivity contribution in [1.29, 1.82) is 5.41 Å². The number of allylic oxidation sites excluding steroid dienone is 1. The summed E-state index contributed by atoms with van der Waals surface area (Å²) in [6.07, 6.45) is 6.10. The predicted molar refractivity (Wildman–Crippen MR) is 127 cm³/mol. The Kier molecular flexibility index (Phi) is 5.73. The van der Waals surface area contributed by atoms with E-state index in [1.807, 2.05) is 0 Å². The van der Waals surface area contributed by atoms with E-state index in [2.05, 4.69) is 15.3 Å². The molecule has 2 aromatic heterocycles. The van der Waals surface area contributed by atoms with Crippen molar-refractivity contribution < 1.29 is 13.5 Å². The van der Waals surface area contributed by atoms with E-state index in [1.54, 1.807) is 25.3 Å². The Morgan fingerprint density at radius 1 is 1.12 bits per heavy atom. The van der Waals surface area contributed by atoms with E-state index < -0.39 is 17.7 Å². The lowest BCUT2D eigenvalue weighted by Gasteiger charge is -2.23. The largest absolute Gasteiger partial charge is 0.482 e. The first-order valence-corrected chi connectivity index (χ1v) is 11.3. The summed E-state index contributed by atoms with van der Waals surface area (Å²) in [6.45, 7) is 2.56. The monoisotopic (exact) mass is 461 g/mol. The molecule has 5 rings (SSSR count). The smallest absolute Gasteiger partial charge is 0.166 e. The molecule has 1 aliphatic heterocycles. The molecule has 3 aromatic rings. The maximum Gasteiger partial charge on any atom is 0.166 e. The molecule has 8 heteroatoms. The van der Waals surface area contributed by atoms with E-state index >= 15 is 0 Å². The minimum absolute atomic E-state index is 0.205. The van der Waals surface area contributed by atoms with E-state index in [1.165, 1.54) is 37.3 Å². The van der Waals surface area contributed by atoms with Gasteiger partial charge in [0.05, 0.1) is 11.9 Å². The van der Waals surface area contributed by atoms with Gasteiger partial charge in [-0.2, -0.15) is 0 Å². The fourth-order valence-corrected chi connectivity index (χ4v) is 4.26. The first-order valence-electron chi connectivity index (χ1n) is 11.3. The van der Waals surface area contributed by atoms with Gasteiger partial charge in [-0.15, -0.1) is 0 Å². The standard InChI is InChI=1S/C26H25F2N5O/c1-14-21-8-18(27)4-5-20(21)22-9-19(28)13-31-23(22)6-16(10-29)25(32-11-15-2-3-15)17-7-24(34-14)26(30)33-12-17/h4-5,7-10,12-15,29,32H,2-3,6,11H2,1H3,(H2,30,33)/b25-16-,29-10?. The molecule has 2 aliphatic rings. The minimum atomic E-state index is -0.602. The number of nitrogens with one attached hydrogen (secondary N) is 2. The van der Waals surface area contributed by atoms with Gasteiger partial charge in [-0.05, 0) is 61.1 Å². The van der Waals surface area contributed by atoms with Crippen LogP contribution in [0.3, 0.4) is 0 Å². The van der Waals surface area contributed by atoms with Crippen LogP contribution in [-0.4, -0.2) is 22.7 Å². The van der Waals surface area contributed by atoms with Crippen LogP contribution in [0.15, 0.2) is 48.3 Å². The number of anilines is 1. The Bertz CT molecular complexity index is 1300. The molecule has 1 atom stereocenters. The van der Waals surface area contributed by atoms with E-state index in [0.29, 0.717) is 39.6 Å². The summed E-state index contributed by atoms with van der Waals surface area (Å²) in [5.74, 6) is 0.226. The minimum Gasteiger partial charge on any atom is -0.482 e. The van der Waals surface area contributed by atoms with Gasteiger partial charge >= 0.3 is 0 Å². The summed E-state index contributed by atoms with van der Waals surface area (Å²) in [5.41, 5.74) is 10.5. The maximum absolute atomic E-state index is 14.4. The van der Waals surface area contributed by atoms with Gasteiger partial charge in [0, 0.05) is 47.8 Å². The average Bonchev–Trinajstić information content (AvgIpc) is 3.65. The summed E-state index contributed by atoms with van der Waals surface area (Å²) < 4.78 is 34.8. The summed E-state index contributed by atoms with van der Waals surface area (Å²) in [5, 5.41) is 11.7. The number of nitrogens with zero attached hydrogens (tertiary/aromatic N) is 2. The summed E-state index contributed by atoms with van der Waals surface area (Å²) in [7, 11) is 0. The molecule has 6 nitrogen and oxygen atoms in total. The number of ether oxygens (including phenoxy) is 1. The van der Waals surface area contributed by atoms with Gasteiger partial charge in [0.25, 0.3) is 0 Å². The second-order valence-electron chi connectivity index (χ2n) is 8.79. The van der Waals surface area contributed by atoms with Crippen molar-refractivity contribution in [3.05, 3.63) is 76.8 Å². The molecule has 1 aliphatic carbocycles. The highest BCUT2D eigenvalue weighted by atomic mass is 19.1. The van der Waals surface area contributed by atoms with E-state index in [4.69, 9.17) is 15.9 Å². The number of rotatable bonds is 4. The average molecular weight is 462 g/mol. The number of nitrogens with two attached hydrogens (primary N) is 1. The Morgan fingerprint density at radius 2 is 1.94 bits per heavy atom. The highest BCUT2D eigenvalue weighted by Gasteiger charge is 2.25. The summed E-state index contributed by atoms with van der Waals surface area (Å²) in [6, 6.07) is 7.50.